The highest BCUT2D eigenvalue weighted by molar-refractivity contribution is 7.22. The van der Waals surface area contributed by atoms with Crippen LogP contribution in [-0.2, 0) is 0 Å². The van der Waals surface area contributed by atoms with Gasteiger partial charge >= 0.3 is 0 Å². The molecular formula is C24H31N3O2S. The lowest BCUT2D eigenvalue weighted by Crippen LogP contribution is -2.33. The Hall–Kier alpha value is -2.44. The zero-order chi connectivity index (χ0) is 21.8. The van der Waals surface area contributed by atoms with E-state index in [-0.39, 0.29) is 12.0 Å². The number of anilines is 1. The van der Waals surface area contributed by atoms with Crippen LogP contribution in [0, 0.1) is 13.8 Å². The number of carbonyl (C=O) groups excluding carboxylic acids is 1. The lowest BCUT2D eigenvalue weighted by atomic mass is 10.1. The quantitative estimate of drug-likeness (QED) is 0.491. The minimum atomic E-state index is -0.0294. The van der Waals surface area contributed by atoms with Crippen LogP contribution in [0.3, 0.4) is 0 Å². The molecule has 0 bridgehead atoms. The Morgan fingerprint density at radius 1 is 1.10 bits per heavy atom. The molecule has 160 valence electrons. The van der Waals surface area contributed by atoms with Gasteiger partial charge in [0.25, 0.3) is 5.91 Å². The summed E-state index contributed by atoms with van der Waals surface area (Å²) in [6.07, 6.45) is 0.977. The molecule has 1 aromatic heterocycles. The minimum absolute atomic E-state index is 0.0294. The number of aromatic nitrogens is 1. The van der Waals surface area contributed by atoms with Crippen molar-refractivity contribution >= 4 is 32.6 Å². The molecule has 3 rings (SSSR count). The van der Waals surface area contributed by atoms with Gasteiger partial charge in [-0.25, -0.2) is 4.98 Å². The van der Waals surface area contributed by atoms with Crippen molar-refractivity contribution < 1.29 is 9.53 Å². The second-order valence-electron chi connectivity index (χ2n) is 8.23. The number of rotatable bonds is 8. The molecule has 6 heteroatoms. The van der Waals surface area contributed by atoms with Crippen LogP contribution in [0.15, 0.2) is 36.4 Å². The van der Waals surface area contributed by atoms with Crippen molar-refractivity contribution in [2.24, 2.45) is 0 Å². The molecule has 0 atom stereocenters. The van der Waals surface area contributed by atoms with Crippen LogP contribution in [0.2, 0.25) is 0 Å². The second kappa shape index (κ2) is 9.58. The van der Waals surface area contributed by atoms with E-state index in [2.05, 4.69) is 30.9 Å². The van der Waals surface area contributed by atoms with Crippen molar-refractivity contribution in [1.82, 2.24) is 9.88 Å². The van der Waals surface area contributed by atoms with Crippen LogP contribution in [0.25, 0.3) is 10.2 Å². The first kappa shape index (κ1) is 22.2. The summed E-state index contributed by atoms with van der Waals surface area (Å²) in [5, 5.41) is 0.755. The predicted molar refractivity (Wildman–Crippen MR) is 126 cm³/mol. The molecule has 0 fully saturated rings. The molecule has 30 heavy (non-hydrogen) atoms. The number of thiazole rings is 1. The molecule has 0 saturated heterocycles. The Balaban J connectivity index is 1.92. The standard InChI is InChI=1S/C24H31N3O2S/c1-16(2)29-20-10-8-19(9-11-20)23(28)27(13-7-12-26(5)6)24-25-22-18(4)14-17(3)15-21(22)30-24/h8-11,14-16H,7,12-13H2,1-6H3. The zero-order valence-corrected chi connectivity index (χ0v) is 19.5. The van der Waals surface area contributed by atoms with Gasteiger partial charge in [-0.3, -0.25) is 9.69 Å². The van der Waals surface area contributed by atoms with Gasteiger partial charge in [-0.05, 0) is 96.2 Å². The summed E-state index contributed by atoms with van der Waals surface area (Å²) in [6, 6.07) is 11.7. The average Bonchev–Trinajstić information content (AvgIpc) is 3.08. The second-order valence-corrected chi connectivity index (χ2v) is 9.24. The number of amides is 1. The highest BCUT2D eigenvalue weighted by atomic mass is 32.1. The molecule has 0 N–H and O–H groups in total. The maximum Gasteiger partial charge on any atom is 0.260 e. The van der Waals surface area contributed by atoms with E-state index >= 15 is 0 Å². The molecule has 0 aliphatic rings. The molecule has 5 nitrogen and oxygen atoms in total. The molecular weight excluding hydrogens is 394 g/mol. The average molecular weight is 426 g/mol. The van der Waals surface area contributed by atoms with Crippen molar-refractivity contribution in [3.63, 3.8) is 0 Å². The Morgan fingerprint density at radius 2 is 1.80 bits per heavy atom. The third-order valence-corrected chi connectivity index (χ3v) is 5.78. The van der Waals surface area contributed by atoms with Gasteiger partial charge in [-0.15, -0.1) is 0 Å². The van der Waals surface area contributed by atoms with Crippen molar-refractivity contribution in [3.05, 3.63) is 53.1 Å². The van der Waals surface area contributed by atoms with E-state index in [9.17, 15) is 4.79 Å². The van der Waals surface area contributed by atoms with E-state index in [1.54, 1.807) is 11.3 Å². The van der Waals surface area contributed by atoms with Crippen molar-refractivity contribution in [2.45, 2.75) is 40.2 Å². The maximum absolute atomic E-state index is 13.4. The fourth-order valence-corrected chi connectivity index (χ4v) is 4.57. The first-order valence-corrected chi connectivity index (χ1v) is 11.2. The summed E-state index contributed by atoms with van der Waals surface area (Å²) in [4.78, 5) is 22.2. The predicted octanol–water partition coefficient (Wildman–Crippen LogP) is 5.30. The van der Waals surface area contributed by atoms with Crippen LogP contribution >= 0.6 is 11.3 Å². The number of hydrogen-bond acceptors (Lipinski definition) is 5. The van der Waals surface area contributed by atoms with Crippen LogP contribution in [0.4, 0.5) is 5.13 Å². The largest absolute Gasteiger partial charge is 0.491 e. The van der Waals surface area contributed by atoms with E-state index in [0.29, 0.717) is 12.1 Å². The van der Waals surface area contributed by atoms with Gasteiger partial charge < -0.3 is 9.64 Å². The van der Waals surface area contributed by atoms with Crippen molar-refractivity contribution in [3.8, 4) is 5.75 Å². The normalized spacial score (nSPS) is 11.5. The van der Waals surface area contributed by atoms with Gasteiger partial charge in [-0.1, -0.05) is 17.4 Å². The number of hydrogen-bond donors (Lipinski definition) is 0. The number of ether oxygens (including phenoxy) is 1. The van der Waals surface area contributed by atoms with Gasteiger partial charge in [0.1, 0.15) is 5.75 Å². The fourth-order valence-electron chi connectivity index (χ4n) is 3.41. The SMILES string of the molecule is Cc1cc(C)c2nc(N(CCCN(C)C)C(=O)c3ccc(OC(C)C)cc3)sc2c1. The summed E-state index contributed by atoms with van der Waals surface area (Å²) in [7, 11) is 4.09. The minimum Gasteiger partial charge on any atom is -0.491 e. The number of carbonyl (C=O) groups is 1. The first-order chi connectivity index (χ1) is 14.2. The summed E-state index contributed by atoms with van der Waals surface area (Å²) in [5.74, 6) is 0.741. The topological polar surface area (TPSA) is 45.7 Å². The lowest BCUT2D eigenvalue weighted by Gasteiger charge is -2.21. The lowest BCUT2D eigenvalue weighted by molar-refractivity contribution is 0.0986. The van der Waals surface area contributed by atoms with E-state index in [1.807, 2.05) is 57.1 Å². The summed E-state index contributed by atoms with van der Waals surface area (Å²) < 4.78 is 6.83. The molecule has 0 saturated carbocycles. The molecule has 1 amide bonds. The Morgan fingerprint density at radius 3 is 2.43 bits per heavy atom. The number of fused-ring (bicyclic) bond motifs is 1. The molecule has 0 unspecified atom stereocenters. The number of benzene rings is 2. The van der Waals surface area contributed by atoms with Gasteiger partial charge in [0, 0.05) is 12.1 Å². The van der Waals surface area contributed by atoms with Gasteiger partial charge in [0.15, 0.2) is 5.13 Å². The third kappa shape index (κ3) is 5.37. The molecule has 2 aromatic carbocycles. The Bertz CT molecular complexity index is 1010. The smallest absolute Gasteiger partial charge is 0.260 e. The zero-order valence-electron chi connectivity index (χ0n) is 18.7. The molecule has 0 aliphatic carbocycles. The fraction of sp³-hybridized carbons (Fsp3) is 0.417. The van der Waals surface area contributed by atoms with Gasteiger partial charge in [0.2, 0.25) is 0 Å². The van der Waals surface area contributed by atoms with Crippen LogP contribution in [0.1, 0.15) is 41.8 Å². The molecule has 0 radical (unpaired) electrons. The Kier molecular flexibility index (Phi) is 7.10. The molecule has 0 aliphatic heterocycles. The summed E-state index contributed by atoms with van der Waals surface area (Å²) in [6.45, 7) is 9.68. The summed E-state index contributed by atoms with van der Waals surface area (Å²) in [5.41, 5.74) is 3.97. The molecule has 0 spiro atoms. The first-order valence-electron chi connectivity index (χ1n) is 10.4. The van der Waals surface area contributed by atoms with Crippen molar-refractivity contribution in [2.75, 3.05) is 32.1 Å². The number of aryl methyl sites for hydroxylation is 2. The van der Waals surface area contributed by atoms with E-state index < -0.39 is 0 Å². The van der Waals surface area contributed by atoms with Crippen molar-refractivity contribution in [1.29, 1.82) is 0 Å². The van der Waals surface area contributed by atoms with E-state index in [0.717, 1.165) is 39.6 Å². The van der Waals surface area contributed by atoms with Crippen LogP contribution in [-0.4, -0.2) is 49.1 Å². The van der Waals surface area contributed by atoms with Crippen LogP contribution < -0.4 is 9.64 Å². The number of nitrogens with zero attached hydrogens (tertiary/aromatic N) is 3. The highest BCUT2D eigenvalue weighted by Gasteiger charge is 2.22. The molecule has 3 aromatic rings. The molecule has 1 heterocycles. The van der Waals surface area contributed by atoms with Gasteiger partial charge in [0.05, 0.1) is 16.3 Å². The summed E-state index contributed by atoms with van der Waals surface area (Å²) >= 11 is 1.58. The van der Waals surface area contributed by atoms with Crippen LogP contribution in [0.5, 0.6) is 5.75 Å². The third-order valence-electron chi connectivity index (χ3n) is 4.75. The monoisotopic (exact) mass is 425 g/mol. The van der Waals surface area contributed by atoms with Gasteiger partial charge in [-0.2, -0.15) is 0 Å². The highest BCUT2D eigenvalue weighted by Crippen LogP contribution is 2.32. The van der Waals surface area contributed by atoms with E-state index in [4.69, 9.17) is 9.72 Å². The maximum atomic E-state index is 13.4. The van der Waals surface area contributed by atoms with E-state index in [1.165, 1.54) is 5.56 Å². The Labute approximate surface area is 183 Å².